The number of carbonyl (C=O) groups is 1. The number of benzene rings is 1. The zero-order valence-electron chi connectivity index (χ0n) is 15.9. The van der Waals surface area contributed by atoms with Gasteiger partial charge in [0, 0.05) is 12.7 Å². The SMILES string of the molecule is CCOC(=O)C[C@@H](O)C[C@@H](CCOCc1ccccc1)O[Si](C)(C)C. The number of rotatable bonds is 12. The summed E-state index contributed by atoms with van der Waals surface area (Å²) in [5.74, 6) is -0.373. The fourth-order valence-corrected chi connectivity index (χ4v) is 3.72. The Hall–Kier alpha value is -1.21. The maximum atomic E-state index is 11.5. The van der Waals surface area contributed by atoms with Crippen LogP contribution in [-0.2, 0) is 25.3 Å². The van der Waals surface area contributed by atoms with Gasteiger partial charge in [0.25, 0.3) is 0 Å². The molecule has 5 nitrogen and oxygen atoms in total. The fourth-order valence-electron chi connectivity index (χ4n) is 2.50. The molecule has 1 N–H and O–H groups in total. The summed E-state index contributed by atoms with van der Waals surface area (Å²) in [6.07, 6.45) is 0.236. The summed E-state index contributed by atoms with van der Waals surface area (Å²) in [6, 6.07) is 10.0. The number of ether oxygens (including phenoxy) is 2. The van der Waals surface area contributed by atoms with Crippen molar-refractivity contribution in [1.29, 1.82) is 0 Å². The average Bonchev–Trinajstić information content (AvgIpc) is 2.51. The molecule has 0 saturated carbocycles. The molecule has 0 fully saturated rings. The van der Waals surface area contributed by atoms with Crippen molar-refractivity contribution in [3.63, 3.8) is 0 Å². The molecule has 0 aliphatic heterocycles. The molecule has 25 heavy (non-hydrogen) atoms. The van der Waals surface area contributed by atoms with Crippen LogP contribution < -0.4 is 0 Å². The Bertz CT molecular complexity index is 486. The normalized spacial score (nSPS) is 14.1. The lowest BCUT2D eigenvalue weighted by Crippen LogP contribution is -2.35. The Kier molecular flexibility index (Phi) is 9.96. The molecule has 0 amide bonds. The lowest BCUT2D eigenvalue weighted by Gasteiger charge is -2.28. The Morgan fingerprint density at radius 3 is 2.48 bits per heavy atom. The van der Waals surface area contributed by atoms with Crippen molar-refractivity contribution < 1.29 is 23.8 Å². The Morgan fingerprint density at radius 1 is 1.20 bits per heavy atom. The Labute approximate surface area is 152 Å². The standard InChI is InChI=1S/C19H32O5Si/c1-5-23-19(21)14-17(20)13-18(24-25(2,3)4)11-12-22-15-16-9-7-6-8-10-16/h6-10,17-18,20H,5,11-15H2,1-4H3/t17-,18+/m0/s1. The van der Waals surface area contributed by atoms with Gasteiger partial charge in [-0.2, -0.15) is 0 Å². The Balaban J connectivity index is 2.42. The van der Waals surface area contributed by atoms with Crippen LogP contribution in [0.15, 0.2) is 30.3 Å². The molecule has 0 aliphatic rings. The van der Waals surface area contributed by atoms with E-state index in [0.717, 1.165) is 5.56 Å². The quantitative estimate of drug-likeness (QED) is 0.347. The first-order chi connectivity index (χ1) is 11.8. The van der Waals surface area contributed by atoms with E-state index in [1.807, 2.05) is 30.3 Å². The van der Waals surface area contributed by atoms with Gasteiger partial charge in [-0.1, -0.05) is 30.3 Å². The molecule has 2 atom stereocenters. The van der Waals surface area contributed by atoms with Gasteiger partial charge in [0.2, 0.25) is 0 Å². The highest BCUT2D eigenvalue weighted by molar-refractivity contribution is 6.69. The van der Waals surface area contributed by atoms with E-state index in [-0.39, 0.29) is 18.5 Å². The van der Waals surface area contributed by atoms with E-state index in [9.17, 15) is 9.90 Å². The number of aliphatic hydroxyl groups is 1. The van der Waals surface area contributed by atoms with Crippen molar-refractivity contribution in [1.82, 2.24) is 0 Å². The van der Waals surface area contributed by atoms with Crippen LogP contribution in [0.4, 0.5) is 0 Å². The summed E-state index contributed by atoms with van der Waals surface area (Å²) < 4.78 is 16.8. The molecule has 1 rings (SSSR count). The van der Waals surface area contributed by atoms with Crippen LogP contribution in [0.3, 0.4) is 0 Å². The van der Waals surface area contributed by atoms with Crippen LogP contribution >= 0.6 is 0 Å². The summed E-state index contributed by atoms with van der Waals surface area (Å²) in [6.45, 7) is 9.54. The van der Waals surface area contributed by atoms with E-state index in [1.54, 1.807) is 6.92 Å². The first-order valence-electron chi connectivity index (χ1n) is 8.93. The van der Waals surface area contributed by atoms with Crippen molar-refractivity contribution in [2.24, 2.45) is 0 Å². The first-order valence-corrected chi connectivity index (χ1v) is 12.3. The van der Waals surface area contributed by atoms with Crippen LogP contribution in [0.5, 0.6) is 0 Å². The summed E-state index contributed by atoms with van der Waals surface area (Å²) in [5.41, 5.74) is 1.13. The predicted molar refractivity (Wildman–Crippen MR) is 101 cm³/mol. The molecule has 0 aliphatic carbocycles. The third-order valence-electron chi connectivity index (χ3n) is 3.46. The van der Waals surface area contributed by atoms with Crippen molar-refractivity contribution in [3.8, 4) is 0 Å². The maximum Gasteiger partial charge on any atom is 0.308 e. The molecule has 0 radical (unpaired) electrons. The molecule has 0 bridgehead atoms. The van der Waals surface area contributed by atoms with E-state index in [4.69, 9.17) is 13.9 Å². The van der Waals surface area contributed by atoms with E-state index >= 15 is 0 Å². The van der Waals surface area contributed by atoms with Crippen LogP contribution in [0.25, 0.3) is 0 Å². The summed E-state index contributed by atoms with van der Waals surface area (Å²) in [7, 11) is -1.75. The number of esters is 1. The van der Waals surface area contributed by atoms with Crippen molar-refractivity contribution in [2.45, 2.75) is 64.6 Å². The van der Waals surface area contributed by atoms with Crippen LogP contribution in [0.2, 0.25) is 19.6 Å². The molecule has 0 unspecified atom stereocenters. The Morgan fingerprint density at radius 2 is 1.88 bits per heavy atom. The van der Waals surface area contributed by atoms with Gasteiger partial charge in [-0.25, -0.2) is 0 Å². The third kappa shape index (κ3) is 11.1. The number of carbonyl (C=O) groups excluding carboxylic acids is 1. The molecule has 0 heterocycles. The summed E-state index contributed by atoms with van der Waals surface area (Å²) in [4.78, 5) is 11.5. The van der Waals surface area contributed by atoms with E-state index in [1.165, 1.54) is 0 Å². The van der Waals surface area contributed by atoms with Gasteiger partial charge in [0.1, 0.15) is 0 Å². The molecule has 0 spiro atoms. The zero-order chi connectivity index (χ0) is 18.7. The van der Waals surface area contributed by atoms with Gasteiger partial charge in [0.05, 0.1) is 25.7 Å². The highest BCUT2D eigenvalue weighted by Crippen LogP contribution is 2.17. The van der Waals surface area contributed by atoms with Crippen molar-refractivity contribution >= 4 is 14.3 Å². The minimum absolute atomic E-state index is 0.00424. The van der Waals surface area contributed by atoms with Crippen molar-refractivity contribution in [2.75, 3.05) is 13.2 Å². The largest absolute Gasteiger partial charge is 0.466 e. The maximum absolute atomic E-state index is 11.5. The van der Waals surface area contributed by atoms with E-state index < -0.39 is 14.4 Å². The van der Waals surface area contributed by atoms with E-state index in [0.29, 0.717) is 32.7 Å². The molecular formula is C19H32O5Si. The molecule has 6 heteroatoms. The molecule has 1 aromatic carbocycles. The highest BCUT2D eigenvalue weighted by atomic mass is 28.4. The van der Waals surface area contributed by atoms with Crippen LogP contribution in [-0.4, -0.2) is 44.8 Å². The second-order valence-corrected chi connectivity index (χ2v) is 11.5. The minimum atomic E-state index is -1.75. The monoisotopic (exact) mass is 368 g/mol. The second-order valence-electron chi connectivity index (χ2n) is 7.08. The molecular weight excluding hydrogens is 336 g/mol. The molecule has 0 aromatic heterocycles. The summed E-state index contributed by atoms with van der Waals surface area (Å²) >= 11 is 0. The molecule has 0 saturated heterocycles. The minimum Gasteiger partial charge on any atom is -0.466 e. The third-order valence-corrected chi connectivity index (χ3v) is 4.50. The summed E-state index contributed by atoms with van der Waals surface area (Å²) in [5, 5.41) is 10.1. The fraction of sp³-hybridized carbons (Fsp3) is 0.632. The number of hydrogen-bond donors (Lipinski definition) is 1. The van der Waals surface area contributed by atoms with Gasteiger partial charge in [-0.3, -0.25) is 4.79 Å². The van der Waals surface area contributed by atoms with Gasteiger partial charge in [-0.15, -0.1) is 0 Å². The number of hydrogen-bond acceptors (Lipinski definition) is 5. The van der Waals surface area contributed by atoms with Gasteiger partial charge >= 0.3 is 5.97 Å². The first kappa shape index (κ1) is 21.8. The predicted octanol–water partition coefficient (Wildman–Crippen LogP) is 3.52. The number of aliphatic hydroxyl groups excluding tert-OH is 1. The topological polar surface area (TPSA) is 65.0 Å². The molecule has 142 valence electrons. The van der Waals surface area contributed by atoms with Crippen LogP contribution in [0.1, 0.15) is 31.7 Å². The van der Waals surface area contributed by atoms with Gasteiger partial charge in [0.15, 0.2) is 8.32 Å². The highest BCUT2D eigenvalue weighted by Gasteiger charge is 2.24. The van der Waals surface area contributed by atoms with Gasteiger partial charge in [-0.05, 0) is 45.0 Å². The van der Waals surface area contributed by atoms with E-state index in [2.05, 4.69) is 19.6 Å². The molecule has 1 aromatic rings. The van der Waals surface area contributed by atoms with Crippen LogP contribution in [0, 0.1) is 0 Å². The van der Waals surface area contributed by atoms with Crippen molar-refractivity contribution in [3.05, 3.63) is 35.9 Å². The average molecular weight is 369 g/mol. The lowest BCUT2D eigenvalue weighted by molar-refractivity contribution is -0.145. The lowest BCUT2D eigenvalue weighted by atomic mass is 10.1. The zero-order valence-corrected chi connectivity index (χ0v) is 16.9. The second kappa shape index (κ2) is 11.4. The van der Waals surface area contributed by atoms with Gasteiger partial charge < -0.3 is 19.0 Å². The smallest absolute Gasteiger partial charge is 0.308 e.